The van der Waals surface area contributed by atoms with Crippen LogP contribution in [0.25, 0.3) is 0 Å². The number of likely N-dealkylation sites (N-methyl/N-ethyl adjacent to an activating group) is 1. The summed E-state index contributed by atoms with van der Waals surface area (Å²) in [5, 5.41) is 3.67. The molecule has 1 heterocycles. The van der Waals surface area contributed by atoms with E-state index in [1.165, 1.54) is 11.1 Å². The third-order valence-electron chi connectivity index (χ3n) is 4.60. The van der Waals surface area contributed by atoms with E-state index >= 15 is 0 Å². The van der Waals surface area contributed by atoms with Crippen molar-refractivity contribution in [2.75, 3.05) is 18.9 Å². The molecule has 2 aromatic rings. The number of carbonyl (C=O) groups is 1. The minimum Gasteiger partial charge on any atom is -0.326 e. The van der Waals surface area contributed by atoms with Crippen molar-refractivity contribution in [2.45, 2.75) is 25.8 Å². The van der Waals surface area contributed by atoms with Gasteiger partial charge in [-0.2, -0.15) is 0 Å². The van der Waals surface area contributed by atoms with Gasteiger partial charge in [0.25, 0.3) is 0 Å². The maximum atomic E-state index is 12.5. The van der Waals surface area contributed by atoms with Crippen LogP contribution in [0.1, 0.15) is 29.2 Å². The number of fused-ring (bicyclic) bond motifs is 1. The second-order valence-corrected chi connectivity index (χ2v) is 6.52. The Labute approximate surface area is 142 Å². The Bertz CT molecular complexity index is 729. The number of benzene rings is 2. The van der Waals surface area contributed by atoms with E-state index in [0.29, 0.717) is 11.4 Å². The largest absolute Gasteiger partial charge is 0.326 e. The van der Waals surface area contributed by atoms with Gasteiger partial charge in [0.05, 0.1) is 0 Å². The molecular formula is C19H21ClN2O. The number of carbonyl (C=O) groups excluding carboxylic acids is 1. The van der Waals surface area contributed by atoms with Gasteiger partial charge in [-0.25, -0.2) is 0 Å². The van der Waals surface area contributed by atoms with Crippen LogP contribution in [-0.4, -0.2) is 24.4 Å². The minimum atomic E-state index is 0.0175. The second-order valence-electron chi connectivity index (χ2n) is 6.11. The summed E-state index contributed by atoms with van der Waals surface area (Å²) in [4.78, 5) is 14.8. The van der Waals surface area contributed by atoms with Gasteiger partial charge in [-0.1, -0.05) is 41.9 Å². The van der Waals surface area contributed by atoms with Crippen LogP contribution >= 0.6 is 11.6 Å². The Morgan fingerprint density at radius 2 is 2.04 bits per heavy atom. The first-order valence-electron chi connectivity index (χ1n) is 7.89. The van der Waals surface area contributed by atoms with Crippen LogP contribution in [0.15, 0.2) is 42.5 Å². The molecule has 1 unspecified atom stereocenters. The molecule has 4 heteroatoms. The molecule has 1 amide bonds. The zero-order valence-corrected chi connectivity index (χ0v) is 14.2. The Kier molecular flexibility index (Phi) is 4.69. The number of halogens is 1. The molecule has 23 heavy (non-hydrogen) atoms. The molecule has 0 aromatic heterocycles. The molecule has 0 saturated heterocycles. The number of nitrogens with one attached hydrogen (secondary N) is 1. The standard InChI is InChI=1S/C19H21ClN2O/c1-13-16(20)8-5-9-17(13)21-19(23)12-18-15-7-4-3-6-14(15)10-11-22(18)2/h3-9,18H,10-12H2,1-2H3,(H,21,23). The maximum Gasteiger partial charge on any atom is 0.226 e. The molecule has 120 valence electrons. The number of hydrogen-bond donors (Lipinski definition) is 1. The average Bonchev–Trinajstić information content (AvgIpc) is 2.54. The summed E-state index contributed by atoms with van der Waals surface area (Å²) >= 11 is 6.12. The van der Waals surface area contributed by atoms with E-state index in [1.54, 1.807) is 0 Å². The summed E-state index contributed by atoms with van der Waals surface area (Å²) in [5.74, 6) is 0.0175. The highest BCUT2D eigenvalue weighted by atomic mass is 35.5. The molecular weight excluding hydrogens is 308 g/mol. The molecule has 0 bridgehead atoms. The SMILES string of the molecule is Cc1c(Cl)cccc1NC(=O)CC1c2ccccc2CCN1C. The van der Waals surface area contributed by atoms with Crippen LogP contribution in [-0.2, 0) is 11.2 Å². The van der Waals surface area contributed by atoms with Crippen molar-refractivity contribution < 1.29 is 4.79 Å². The van der Waals surface area contributed by atoms with Gasteiger partial charge in [0.15, 0.2) is 0 Å². The molecule has 1 aliphatic heterocycles. The number of amides is 1. The van der Waals surface area contributed by atoms with Crippen molar-refractivity contribution in [3.05, 3.63) is 64.2 Å². The summed E-state index contributed by atoms with van der Waals surface area (Å²) in [6.07, 6.45) is 1.48. The van der Waals surface area contributed by atoms with Gasteiger partial charge in [-0.05, 0) is 49.2 Å². The van der Waals surface area contributed by atoms with Gasteiger partial charge in [0, 0.05) is 29.7 Å². The Balaban J connectivity index is 1.76. The third-order valence-corrected chi connectivity index (χ3v) is 5.01. The molecule has 0 aliphatic carbocycles. The summed E-state index contributed by atoms with van der Waals surface area (Å²) in [5.41, 5.74) is 4.30. The van der Waals surface area contributed by atoms with Crippen LogP contribution in [0, 0.1) is 6.92 Å². The van der Waals surface area contributed by atoms with Gasteiger partial charge in [0.2, 0.25) is 5.91 Å². The maximum absolute atomic E-state index is 12.5. The minimum absolute atomic E-state index is 0.0175. The smallest absolute Gasteiger partial charge is 0.226 e. The molecule has 1 atom stereocenters. The molecule has 0 saturated carbocycles. The first kappa shape index (κ1) is 16.0. The van der Waals surface area contributed by atoms with Crippen molar-refractivity contribution in [3.63, 3.8) is 0 Å². The van der Waals surface area contributed by atoms with Crippen molar-refractivity contribution in [2.24, 2.45) is 0 Å². The van der Waals surface area contributed by atoms with Gasteiger partial charge in [-0.15, -0.1) is 0 Å². The quantitative estimate of drug-likeness (QED) is 0.915. The van der Waals surface area contributed by atoms with Gasteiger partial charge >= 0.3 is 0 Å². The average molecular weight is 329 g/mol. The van der Waals surface area contributed by atoms with Crippen LogP contribution in [0.4, 0.5) is 5.69 Å². The van der Waals surface area contributed by atoms with Crippen molar-refractivity contribution in [1.29, 1.82) is 0 Å². The third kappa shape index (κ3) is 3.41. The van der Waals surface area contributed by atoms with E-state index in [9.17, 15) is 4.79 Å². The lowest BCUT2D eigenvalue weighted by molar-refractivity contribution is -0.117. The highest BCUT2D eigenvalue weighted by molar-refractivity contribution is 6.31. The highest BCUT2D eigenvalue weighted by Crippen LogP contribution is 2.31. The molecule has 0 radical (unpaired) electrons. The van der Waals surface area contributed by atoms with Crippen molar-refractivity contribution >= 4 is 23.2 Å². The second kappa shape index (κ2) is 6.73. The number of anilines is 1. The predicted molar refractivity (Wildman–Crippen MR) is 95.0 cm³/mol. The lowest BCUT2D eigenvalue weighted by Gasteiger charge is -2.34. The van der Waals surface area contributed by atoms with Gasteiger partial charge in [0.1, 0.15) is 0 Å². The van der Waals surface area contributed by atoms with Crippen LogP contribution < -0.4 is 5.32 Å². The molecule has 3 rings (SSSR count). The fraction of sp³-hybridized carbons (Fsp3) is 0.316. The summed E-state index contributed by atoms with van der Waals surface area (Å²) < 4.78 is 0. The lowest BCUT2D eigenvalue weighted by Crippen LogP contribution is -2.34. The number of hydrogen-bond acceptors (Lipinski definition) is 2. The molecule has 0 fully saturated rings. The topological polar surface area (TPSA) is 32.3 Å². The van der Waals surface area contributed by atoms with Crippen LogP contribution in [0.3, 0.4) is 0 Å². The molecule has 3 nitrogen and oxygen atoms in total. The summed E-state index contributed by atoms with van der Waals surface area (Å²) in [6, 6.07) is 14.1. The number of rotatable bonds is 3. The van der Waals surface area contributed by atoms with E-state index in [0.717, 1.165) is 24.2 Å². The van der Waals surface area contributed by atoms with Crippen molar-refractivity contribution in [1.82, 2.24) is 4.90 Å². The zero-order valence-electron chi connectivity index (χ0n) is 13.5. The van der Waals surface area contributed by atoms with Crippen molar-refractivity contribution in [3.8, 4) is 0 Å². The zero-order chi connectivity index (χ0) is 16.4. The fourth-order valence-corrected chi connectivity index (χ4v) is 3.34. The summed E-state index contributed by atoms with van der Waals surface area (Å²) in [7, 11) is 2.08. The van der Waals surface area contributed by atoms with E-state index < -0.39 is 0 Å². The fourth-order valence-electron chi connectivity index (χ4n) is 3.16. The van der Waals surface area contributed by atoms with Crippen LogP contribution in [0.2, 0.25) is 5.02 Å². The van der Waals surface area contributed by atoms with E-state index in [-0.39, 0.29) is 11.9 Å². The van der Waals surface area contributed by atoms with Gasteiger partial charge < -0.3 is 5.32 Å². The van der Waals surface area contributed by atoms with Crippen LogP contribution in [0.5, 0.6) is 0 Å². The predicted octanol–water partition coefficient (Wildman–Crippen LogP) is 4.21. The molecule has 0 spiro atoms. The first-order valence-corrected chi connectivity index (χ1v) is 8.27. The lowest BCUT2D eigenvalue weighted by atomic mass is 9.91. The Morgan fingerprint density at radius 3 is 2.87 bits per heavy atom. The number of nitrogens with zero attached hydrogens (tertiary/aromatic N) is 1. The van der Waals surface area contributed by atoms with E-state index in [1.807, 2.05) is 31.2 Å². The normalized spacial score (nSPS) is 17.6. The summed E-state index contributed by atoms with van der Waals surface area (Å²) in [6.45, 7) is 2.89. The van der Waals surface area contributed by atoms with E-state index in [2.05, 4.69) is 35.5 Å². The Hall–Kier alpha value is -1.84. The van der Waals surface area contributed by atoms with Gasteiger partial charge in [-0.3, -0.25) is 9.69 Å². The first-order chi connectivity index (χ1) is 11.1. The molecule has 1 N–H and O–H groups in total. The Morgan fingerprint density at radius 1 is 1.26 bits per heavy atom. The monoisotopic (exact) mass is 328 g/mol. The molecule has 1 aliphatic rings. The molecule has 2 aromatic carbocycles. The van der Waals surface area contributed by atoms with E-state index in [4.69, 9.17) is 11.6 Å². The highest BCUT2D eigenvalue weighted by Gasteiger charge is 2.26.